The first-order valence-corrected chi connectivity index (χ1v) is 7.85. The van der Waals surface area contributed by atoms with Crippen LogP contribution in [-0.2, 0) is 12.8 Å². The highest BCUT2D eigenvalue weighted by molar-refractivity contribution is 9.10. The molecule has 4 heteroatoms. The molecule has 0 bridgehead atoms. The highest BCUT2D eigenvalue weighted by Crippen LogP contribution is 2.24. The number of methoxy groups -OCH3 is 1. The average molecular weight is 341 g/mol. The van der Waals surface area contributed by atoms with Crippen molar-refractivity contribution in [1.29, 1.82) is 0 Å². The molecule has 1 aromatic carbocycles. The Morgan fingerprint density at radius 1 is 1.26 bits per heavy atom. The molecule has 0 aliphatic heterocycles. The van der Waals surface area contributed by atoms with Gasteiger partial charge in [0.1, 0.15) is 5.75 Å². The van der Waals surface area contributed by atoms with Gasteiger partial charge in [-0.25, -0.2) is 0 Å². The SMILES string of the molecule is COc1ccc(CC(CO)Cc2cc(Br)cs2)cc1. The molecule has 0 fully saturated rings. The van der Waals surface area contributed by atoms with Crippen LogP contribution in [-0.4, -0.2) is 18.8 Å². The van der Waals surface area contributed by atoms with E-state index < -0.39 is 0 Å². The van der Waals surface area contributed by atoms with Crippen LogP contribution in [0.1, 0.15) is 10.4 Å². The maximum atomic E-state index is 9.52. The van der Waals surface area contributed by atoms with Crippen molar-refractivity contribution in [1.82, 2.24) is 0 Å². The summed E-state index contributed by atoms with van der Waals surface area (Å²) in [4.78, 5) is 1.31. The topological polar surface area (TPSA) is 29.5 Å². The summed E-state index contributed by atoms with van der Waals surface area (Å²) in [6.07, 6.45) is 1.80. The molecule has 2 nitrogen and oxygen atoms in total. The molecule has 1 aromatic heterocycles. The van der Waals surface area contributed by atoms with Crippen LogP contribution in [0.15, 0.2) is 40.2 Å². The van der Waals surface area contributed by atoms with Crippen molar-refractivity contribution in [2.45, 2.75) is 12.8 Å². The van der Waals surface area contributed by atoms with Crippen molar-refractivity contribution in [3.63, 3.8) is 0 Å². The Bertz CT molecular complexity index is 507. The van der Waals surface area contributed by atoms with Gasteiger partial charge in [-0.2, -0.15) is 0 Å². The summed E-state index contributed by atoms with van der Waals surface area (Å²) in [7, 11) is 1.67. The first kappa shape index (κ1) is 14.6. The standard InChI is InChI=1S/C15H17BrO2S/c1-18-14-4-2-11(3-5-14)6-12(9-17)7-15-8-13(16)10-19-15/h2-5,8,10,12,17H,6-7,9H2,1H3. The lowest BCUT2D eigenvalue weighted by atomic mass is 9.96. The number of ether oxygens (including phenoxy) is 1. The Kier molecular flexibility index (Phi) is 5.43. The van der Waals surface area contributed by atoms with Crippen molar-refractivity contribution < 1.29 is 9.84 Å². The molecule has 0 aliphatic carbocycles. The Hall–Kier alpha value is -0.840. The summed E-state index contributed by atoms with van der Waals surface area (Å²) in [5.74, 6) is 1.13. The fourth-order valence-corrected chi connectivity index (χ4v) is 3.61. The zero-order chi connectivity index (χ0) is 13.7. The maximum absolute atomic E-state index is 9.52. The van der Waals surface area contributed by atoms with Crippen molar-refractivity contribution in [2.24, 2.45) is 5.92 Å². The van der Waals surface area contributed by atoms with E-state index in [0.717, 1.165) is 23.1 Å². The lowest BCUT2D eigenvalue weighted by Crippen LogP contribution is -2.12. The predicted molar refractivity (Wildman–Crippen MR) is 83.0 cm³/mol. The molecule has 2 rings (SSSR count). The van der Waals surface area contributed by atoms with Gasteiger partial charge in [0, 0.05) is 21.3 Å². The number of hydrogen-bond acceptors (Lipinski definition) is 3. The number of halogens is 1. The molecular weight excluding hydrogens is 324 g/mol. The van der Waals surface area contributed by atoms with E-state index >= 15 is 0 Å². The minimum atomic E-state index is 0.210. The minimum Gasteiger partial charge on any atom is -0.497 e. The zero-order valence-electron chi connectivity index (χ0n) is 10.8. The van der Waals surface area contributed by atoms with Crippen LogP contribution in [0, 0.1) is 5.92 Å². The molecule has 0 aliphatic rings. The van der Waals surface area contributed by atoms with Gasteiger partial charge in [0.2, 0.25) is 0 Å². The Morgan fingerprint density at radius 3 is 2.53 bits per heavy atom. The zero-order valence-corrected chi connectivity index (χ0v) is 13.2. The molecule has 2 aromatic rings. The molecule has 1 unspecified atom stereocenters. The van der Waals surface area contributed by atoms with Gasteiger partial charge in [-0.1, -0.05) is 12.1 Å². The average Bonchev–Trinajstić information content (AvgIpc) is 2.84. The van der Waals surface area contributed by atoms with Crippen LogP contribution in [0.4, 0.5) is 0 Å². The number of thiophene rings is 1. The van der Waals surface area contributed by atoms with Crippen LogP contribution >= 0.6 is 27.3 Å². The van der Waals surface area contributed by atoms with Gasteiger partial charge < -0.3 is 9.84 Å². The number of aliphatic hydroxyl groups excluding tert-OH is 1. The molecule has 19 heavy (non-hydrogen) atoms. The monoisotopic (exact) mass is 340 g/mol. The second-order valence-corrected chi connectivity index (χ2v) is 6.45. The second kappa shape index (κ2) is 7.08. The van der Waals surface area contributed by atoms with E-state index in [4.69, 9.17) is 4.74 Å². The molecule has 0 radical (unpaired) electrons. The summed E-state index contributed by atoms with van der Waals surface area (Å²) >= 11 is 5.19. The first-order valence-electron chi connectivity index (χ1n) is 6.18. The van der Waals surface area contributed by atoms with Crippen LogP contribution < -0.4 is 4.74 Å². The number of hydrogen-bond donors (Lipinski definition) is 1. The van der Waals surface area contributed by atoms with Gasteiger partial charge in [-0.05, 0) is 58.5 Å². The third-order valence-corrected chi connectivity index (χ3v) is 4.77. The summed E-state index contributed by atoms with van der Waals surface area (Å²) in [6, 6.07) is 10.2. The quantitative estimate of drug-likeness (QED) is 0.863. The minimum absolute atomic E-state index is 0.210. The van der Waals surface area contributed by atoms with E-state index in [1.165, 1.54) is 10.4 Å². The van der Waals surface area contributed by atoms with Gasteiger partial charge in [0.15, 0.2) is 0 Å². The third kappa shape index (κ3) is 4.34. The van der Waals surface area contributed by atoms with Gasteiger partial charge in [0.05, 0.1) is 7.11 Å². The number of benzene rings is 1. The normalized spacial score (nSPS) is 12.4. The van der Waals surface area contributed by atoms with Crippen LogP contribution in [0.2, 0.25) is 0 Å². The fourth-order valence-electron chi connectivity index (χ4n) is 2.04. The highest BCUT2D eigenvalue weighted by atomic mass is 79.9. The Morgan fingerprint density at radius 2 is 2.00 bits per heavy atom. The molecule has 102 valence electrons. The van der Waals surface area contributed by atoms with E-state index in [9.17, 15) is 5.11 Å². The van der Waals surface area contributed by atoms with Crippen LogP contribution in [0.5, 0.6) is 5.75 Å². The summed E-state index contributed by atoms with van der Waals surface area (Å²) < 4.78 is 6.27. The Balaban J connectivity index is 1.97. The van der Waals surface area contributed by atoms with E-state index in [1.54, 1.807) is 18.4 Å². The second-order valence-electron chi connectivity index (χ2n) is 4.54. The maximum Gasteiger partial charge on any atom is 0.118 e. The molecule has 0 saturated carbocycles. The lowest BCUT2D eigenvalue weighted by molar-refractivity contribution is 0.225. The summed E-state index contributed by atoms with van der Waals surface area (Å²) in [5, 5.41) is 11.6. The Labute approximate surface area is 126 Å². The van der Waals surface area contributed by atoms with Gasteiger partial charge in [-0.15, -0.1) is 11.3 Å². The highest BCUT2D eigenvalue weighted by Gasteiger charge is 2.11. The third-order valence-electron chi connectivity index (χ3n) is 3.05. The summed E-state index contributed by atoms with van der Waals surface area (Å²) in [6.45, 7) is 0.210. The van der Waals surface area contributed by atoms with Crippen LogP contribution in [0.3, 0.4) is 0 Å². The molecule has 1 atom stereocenters. The molecule has 1 N–H and O–H groups in total. The molecule has 0 amide bonds. The fraction of sp³-hybridized carbons (Fsp3) is 0.333. The molecule has 0 saturated heterocycles. The largest absolute Gasteiger partial charge is 0.497 e. The first-order chi connectivity index (χ1) is 9.21. The van der Waals surface area contributed by atoms with Crippen molar-refractivity contribution >= 4 is 27.3 Å². The van der Waals surface area contributed by atoms with E-state index in [-0.39, 0.29) is 12.5 Å². The molecule has 1 heterocycles. The lowest BCUT2D eigenvalue weighted by Gasteiger charge is -2.13. The summed E-state index contributed by atoms with van der Waals surface area (Å²) in [5.41, 5.74) is 1.23. The predicted octanol–water partition coefficient (Wildman–Crippen LogP) is 3.91. The van der Waals surface area contributed by atoms with Crippen molar-refractivity contribution in [3.05, 3.63) is 50.6 Å². The smallest absolute Gasteiger partial charge is 0.118 e. The van der Waals surface area contributed by atoms with Gasteiger partial charge in [0.25, 0.3) is 0 Å². The van der Waals surface area contributed by atoms with Crippen molar-refractivity contribution in [3.8, 4) is 5.75 Å². The van der Waals surface area contributed by atoms with Gasteiger partial charge >= 0.3 is 0 Å². The van der Waals surface area contributed by atoms with E-state index in [2.05, 4.69) is 39.5 Å². The molecular formula is C15H17BrO2S. The van der Waals surface area contributed by atoms with Gasteiger partial charge in [-0.3, -0.25) is 0 Å². The van der Waals surface area contributed by atoms with E-state index in [1.807, 2.05) is 12.1 Å². The van der Waals surface area contributed by atoms with Crippen molar-refractivity contribution in [2.75, 3.05) is 13.7 Å². The number of aliphatic hydroxyl groups is 1. The molecule has 0 spiro atoms. The van der Waals surface area contributed by atoms with E-state index in [0.29, 0.717) is 0 Å². The van der Waals surface area contributed by atoms with Crippen LogP contribution in [0.25, 0.3) is 0 Å². The number of rotatable bonds is 6.